The lowest BCUT2D eigenvalue weighted by Crippen LogP contribution is -2.39. The van der Waals surface area contributed by atoms with Crippen LogP contribution in [-0.4, -0.2) is 40.7 Å². The summed E-state index contributed by atoms with van der Waals surface area (Å²) in [6, 6.07) is 7.94. The van der Waals surface area contributed by atoms with Gasteiger partial charge in [0.05, 0.1) is 5.92 Å². The summed E-state index contributed by atoms with van der Waals surface area (Å²) in [4.78, 5) is 18.5. The Morgan fingerprint density at radius 3 is 3.00 bits per heavy atom. The average molecular weight is 354 g/mol. The molecule has 0 aliphatic carbocycles. The number of fused-ring (bicyclic) bond motifs is 1. The van der Waals surface area contributed by atoms with E-state index in [-0.39, 0.29) is 11.9 Å². The summed E-state index contributed by atoms with van der Waals surface area (Å²) in [5.41, 5.74) is 2.05. The zero-order valence-electron chi connectivity index (χ0n) is 15.0. The van der Waals surface area contributed by atoms with Crippen LogP contribution in [-0.2, 0) is 6.42 Å². The van der Waals surface area contributed by atoms with Gasteiger partial charge < -0.3 is 19.2 Å². The number of carbonyl (C=O) groups is 1. The lowest BCUT2D eigenvalue weighted by Gasteiger charge is -2.16. The highest BCUT2D eigenvalue weighted by molar-refractivity contribution is 5.82. The van der Waals surface area contributed by atoms with Crippen LogP contribution >= 0.6 is 0 Å². The molecule has 3 heterocycles. The molecule has 2 amide bonds. The van der Waals surface area contributed by atoms with Gasteiger partial charge in [-0.3, -0.25) is 0 Å². The van der Waals surface area contributed by atoms with Gasteiger partial charge in [-0.05, 0) is 32.8 Å². The van der Waals surface area contributed by atoms with Crippen LogP contribution in [0.15, 0.2) is 33.2 Å². The first kappa shape index (κ1) is 16.6. The van der Waals surface area contributed by atoms with Crippen LogP contribution in [0.4, 0.5) is 4.79 Å². The third-order valence-corrected chi connectivity index (χ3v) is 4.92. The maximum Gasteiger partial charge on any atom is 0.317 e. The number of hydrogen-bond donors (Lipinski definition) is 1. The first-order valence-electron chi connectivity index (χ1n) is 8.92. The number of carbonyl (C=O) groups excluding carboxylic acids is 1. The van der Waals surface area contributed by atoms with E-state index in [1.165, 1.54) is 0 Å². The van der Waals surface area contributed by atoms with Crippen LogP contribution in [0.1, 0.15) is 35.4 Å². The number of hydrogen-bond acceptors (Lipinski definition) is 5. The van der Waals surface area contributed by atoms with E-state index in [0.717, 1.165) is 35.1 Å². The second-order valence-corrected chi connectivity index (χ2v) is 6.73. The lowest BCUT2D eigenvalue weighted by atomic mass is 10.1. The molecular weight excluding hydrogens is 332 g/mol. The maximum atomic E-state index is 12.4. The third-order valence-electron chi connectivity index (χ3n) is 4.92. The zero-order chi connectivity index (χ0) is 18.1. The Labute approximate surface area is 151 Å². The van der Waals surface area contributed by atoms with Crippen LogP contribution in [0.5, 0.6) is 0 Å². The summed E-state index contributed by atoms with van der Waals surface area (Å²) in [5, 5.41) is 7.96. The van der Waals surface area contributed by atoms with Crippen molar-refractivity contribution in [2.45, 2.75) is 32.6 Å². The van der Waals surface area contributed by atoms with Crippen molar-refractivity contribution in [2.75, 3.05) is 19.6 Å². The molecule has 4 rings (SSSR count). The molecule has 0 spiro atoms. The van der Waals surface area contributed by atoms with Gasteiger partial charge in [0.1, 0.15) is 11.3 Å². The number of likely N-dealkylation sites (tertiary alicyclic amines) is 1. The highest BCUT2D eigenvalue weighted by Gasteiger charge is 2.30. The average Bonchev–Trinajstić information content (AvgIpc) is 3.34. The normalized spacial score (nSPS) is 17.2. The molecule has 1 aliphatic rings. The molecule has 1 aromatic carbocycles. The van der Waals surface area contributed by atoms with Crippen LogP contribution < -0.4 is 5.32 Å². The molecule has 1 fully saturated rings. The number of aryl methyl sites for hydroxylation is 2. The van der Waals surface area contributed by atoms with Gasteiger partial charge in [-0.15, -0.1) is 0 Å². The fraction of sp³-hybridized carbons (Fsp3) is 0.421. The third kappa shape index (κ3) is 3.16. The Morgan fingerprint density at radius 2 is 2.19 bits per heavy atom. The molecule has 3 aromatic rings. The molecule has 0 saturated carbocycles. The Hall–Kier alpha value is -2.83. The van der Waals surface area contributed by atoms with E-state index < -0.39 is 0 Å². The maximum absolute atomic E-state index is 12.4. The first-order chi connectivity index (χ1) is 12.6. The summed E-state index contributed by atoms with van der Waals surface area (Å²) < 4.78 is 11.0. The van der Waals surface area contributed by atoms with E-state index in [2.05, 4.69) is 21.5 Å². The SMILES string of the molecule is Cc1noc(C2CCN(C(=O)NCCc3c(C)oc4ccccc34)C2)n1. The van der Waals surface area contributed by atoms with Gasteiger partial charge >= 0.3 is 6.03 Å². The number of furan rings is 1. The van der Waals surface area contributed by atoms with Crippen molar-refractivity contribution in [2.24, 2.45) is 0 Å². The molecule has 0 radical (unpaired) electrons. The van der Waals surface area contributed by atoms with E-state index in [0.29, 0.717) is 31.3 Å². The predicted octanol–water partition coefficient (Wildman–Crippen LogP) is 3.17. The molecule has 7 nitrogen and oxygen atoms in total. The van der Waals surface area contributed by atoms with E-state index in [4.69, 9.17) is 8.94 Å². The Morgan fingerprint density at radius 1 is 1.35 bits per heavy atom. The summed E-state index contributed by atoms with van der Waals surface area (Å²) in [5.74, 6) is 2.29. The van der Waals surface area contributed by atoms with Crippen molar-refractivity contribution in [1.82, 2.24) is 20.4 Å². The smallest absolute Gasteiger partial charge is 0.317 e. The zero-order valence-corrected chi connectivity index (χ0v) is 15.0. The van der Waals surface area contributed by atoms with Gasteiger partial charge in [0.25, 0.3) is 0 Å². The minimum Gasteiger partial charge on any atom is -0.461 e. The molecule has 26 heavy (non-hydrogen) atoms. The number of para-hydroxylation sites is 1. The van der Waals surface area contributed by atoms with Crippen molar-refractivity contribution in [3.63, 3.8) is 0 Å². The number of aromatic nitrogens is 2. The largest absolute Gasteiger partial charge is 0.461 e. The van der Waals surface area contributed by atoms with E-state index >= 15 is 0 Å². The summed E-state index contributed by atoms with van der Waals surface area (Å²) in [7, 11) is 0. The van der Waals surface area contributed by atoms with Crippen molar-refractivity contribution < 1.29 is 13.7 Å². The Kier molecular flexibility index (Phi) is 4.36. The highest BCUT2D eigenvalue weighted by atomic mass is 16.5. The number of rotatable bonds is 4. The fourth-order valence-electron chi connectivity index (χ4n) is 3.56. The van der Waals surface area contributed by atoms with Crippen LogP contribution in [0.25, 0.3) is 11.0 Å². The molecule has 1 N–H and O–H groups in total. The number of nitrogens with zero attached hydrogens (tertiary/aromatic N) is 3. The van der Waals surface area contributed by atoms with Gasteiger partial charge in [-0.1, -0.05) is 23.4 Å². The van der Waals surface area contributed by atoms with Crippen LogP contribution in [0, 0.1) is 13.8 Å². The second-order valence-electron chi connectivity index (χ2n) is 6.73. The predicted molar refractivity (Wildman–Crippen MR) is 96.0 cm³/mol. The minimum atomic E-state index is -0.0470. The monoisotopic (exact) mass is 354 g/mol. The molecule has 1 atom stereocenters. The number of benzene rings is 1. The highest BCUT2D eigenvalue weighted by Crippen LogP contribution is 2.27. The molecule has 2 aromatic heterocycles. The van der Waals surface area contributed by atoms with Crippen molar-refractivity contribution in [1.29, 1.82) is 0 Å². The quantitative estimate of drug-likeness (QED) is 0.778. The summed E-state index contributed by atoms with van der Waals surface area (Å²) >= 11 is 0. The Balaban J connectivity index is 1.32. The van der Waals surface area contributed by atoms with Gasteiger partial charge in [0, 0.05) is 30.6 Å². The van der Waals surface area contributed by atoms with E-state index in [1.54, 1.807) is 6.92 Å². The van der Waals surface area contributed by atoms with E-state index in [1.807, 2.05) is 30.0 Å². The van der Waals surface area contributed by atoms with Crippen molar-refractivity contribution >= 4 is 17.0 Å². The van der Waals surface area contributed by atoms with Crippen LogP contribution in [0.2, 0.25) is 0 Å². The number of nitrogens with one attached hydrogen (secondary N) is 1. The number of amides is 2. The topological polar surface area (TPSA) is 84.4 Å². The van der Waals surface area contributed by atoms with Crippen molar-refractivity contribution in [3.8, 4) is 0 Å². The number of urea groups is 1. The fourth-order valence-corrected chi connectivity index (χ4v) is 3.56. The van der Waals surface area contributed by atoms with Crippen molar-refractivity contribution in [3.05, 3.63) is 47.3 Å². The van der Waals surface area contributed by atoms with Gasteiger partial charge in [0.2, 0.25) is 5.89 Å². The van der Waals surface area contributed by atoms with E-state index in [9.17, 15) is 4.79 Å². The molecule has 136 valence electrons. The first-order valence-corrected chi connectivity index (χ1v) is 8.92. The van der Waals surface area contributed by atoms with Gasteiger partial charge in [0.15, 0.2) is 5.82 Å². The molecule has 7 heteroatoms. The molecule has 1 unspecified atom stereocenters. The summed E-state index contributed by atoms with van der Waals surface area (Å²) in [6.45, 7) is 5.65. The second kappa shape index (κ2) is 6.82. The minimum absolute atomic E-state index is 0.0470. The van der Waals surface area contributed by atoms with Gasteiger partial charge in [-0.25, -0.2) is 4.79 Å². The molecule has 1 aliphatic heterocycles. The summed E-state index contributed by atoms with van der Waals surface area (Å²) in [6.07, 6.45) is 1.59. The molecule has 1 saturated heterocycles. The Bertz CT molecular complexity index is 930. The molecular formula is C19H22N4O3. The van der Waals surface area contributed by atoms with Gasteiger partial charge in [-0.2, -0.15) is 4.98 Å². The lowest BCUT2D eigenvalue weighted by molar-refractivity contribution is 0.207. The van der Waals surface area contributed by atoms with Crippen LogP contribution in [0.3, 0.4) is 0 Å². The standard InChI is InChI=1S/C19H22N4O3/c1-12-15(16-5-3-4-6-17(16)25-12)7-9-20-19(24)23-10-8-14(11-23)18-21-13(2)22-26-18/h3-6,14H,7-11H2,1-2H3,(H,20,24). The molecule has 0 bridgehead atoms.